The van der Waals surface area contributed by atoms with Crippen molar-refractivity contribution in [1.29, 1.82) is 0 Å². The van der Waals surface area contributed by atoms with Crippen molar-refractivity contribution in [1.82, 2.24) is 10.2 Å². The minimum Gasteiger partial charge on any atom is -0.496 e. The summed E-state index contributed by atoms with van der Waals surface area (Å²) in [4.78, 5) is 1.23. The maximum absolute atomic E-state index is 14.0. The number of hydrogen-bond acceptors (Lipinski definition) is 3. The minimum atomic E-state index is -4.56. The Morgan fingerprint density at radius 3 is 2.27 bits per heavy atom. The first-order valence-corrected chi connectivity index (χ1v) is 6.29. The lowest BCUT2D eigenvalue weighted by Gasteiger charge is -2.36. The molecule has 0 saturated carbocycles. The van der Waals surface area contributed by atoms with E-state index in [0.29, 0.717) is 13.1 Å². The van der Waals surface area contributed by atoms with Crippen molar-refractivity contribution < 1.29 is 22.3 Å². The van der Waals surface area contributed by atoms with Gasteiger partial charge in [0.15, 0.2) is 0 Å². The zero-order chi connectivity index (χ0) is 14.8. The van der Waals surface area contributed by atoms with Crippen LogP contribution in [0, 0.1) is 5.82 Å². The van der Waals surface area contributed by atoms with Crippen LogP contribution in [0.4, 0.5) is 17.6 Å². The van der Waals surface area contributed by atoms with E-state index in [2.05, 4.69) is 5.32 Å². The number of nitrogens with one attached hydrogen (secondary N) is 1. The molecule has 1 atom stereocenters. The van der Waals surface area contributed by atoms with Crippen LogP contribution in [0.1, 0.15) is 11.6 Å². The Balaban J connectivity index is 0.00000220. The summed E-state index contributed by atoms with van der Waals surface area (Å²) in [7, 11) is 1.24. The number of alkyl halides is 3. The van der Waals surface area contributed by atoms with E-state index in [1.165, 1.54) is 24.1 Å². The first-order chi connectivity index (χ1) is 9.45. The van der Waals surface area contributed by atoms with E-state index in [1.807, 2.05) is 0 Å². The highest BCUT2D eigenvalue weighted by Gasteiger charge is 2.47. The van der Waals surface area contributed by atoms with Crippen LogP contribution in [0.2, 0.25) is 0 Å². The summed E-state index contributed by atoms with van der Waals surface area (Å²) in [5, 5.41) is 2.98. The van der Waals surface area contributed by atoms with E-state index >= 15 is 0 Å². The molecule has 1 fully saturated rings. The number of halogens is 6. The van der Waals surface area contributed by atoms with Crippen molar-refractivity contribution in [2.24, 2.45) is 0 Å². The quantitative estimate of drug-likeness (QED) is 0.833. The third-order valence-corrected chi connectivity index (χ3v) is 3.33. The van der Waals surface area contributed by atoms with Crippen LogP contribution in [0.15, 0.2) is 18.2 Å². The van der Waals surface area contributed by atoms with Crippen LogP contribution in [0.25, 0.3) is 0 Å². The van der Waals surface area contributed by atoms with Gasteiger partial charge in [-0.25, -0.2) is 4.39 Å². The molecule has 1 saturated heterocycles. The van der Waals surface area contributed by atoms with E-state index in [9.17, 15) is 17.6 Å². The van der Waals surface area contributed by atoms with Gasteiger partial charge in [0.1, 0.15) is 17.6 Å². The van der Waals surface area contributed by atoms with Gasteiger partial charge in [-0.05, 0) is 12.1 Å². The number of piperazine rings is 1. The average molecular weight is 365 g/mol. The second-order valence-electron chi connectivity index (χ2n) is 4.59. The Bertz CT molecular complexity index is 468. The SMILES string of the molecule is COc1cccc(F)c1[C@H](N1CCNCC1)C(F)(F)F.Cl.Cl. The van der Waals surface area contributed by atoms with Gasteiger partial charge in [-0.2, -0.15) is 13.2 Å². The van der Waals surface area contributed by atoms with Crippen LogP contribution in [0.5, 0.6) is 5.75 Å². The van der Waals surface area contributed by atoms with Crippen LogP contribution < -0.4 is 10.1 Å². The second-order valence-corrected chi connectivity index (χ2v) is 4.59. The first kappa shape index (κ1) is 21.2. The third-order valence-electron chi connectivity index (χ3n) is 3.33. The number of ether oxygens (including phenoxy) is 1. The summed E-state index contributed by atoms with van der Waals surface area (Å²) in [5.41, 5.74) is -0.440. The monoisotopic (exact) mass is 364 g/mol. The molecule has 2 rings (SSSR count). The van der Waals surface area contributed by atoms with Crippen molar-refractivity contribution in [3.05, 3.63) is 29.6 Å². The van der Waals surface area contributed by atoms with Crippen LogP contribution in [-0.2, 0) is 0 Å². The molecule has 22 heavy (non-hydrogen) atoms. The van der Waals surface area contributed by atoms with Gasteiger partial charge in [0.25, 0.3) is 0 Å². The highest BCUT2D eigenvalue weighted by Crippen LogP contribution is 2.42. The number of rotatable bonds is 3. The van der Waals surface area contributed by atoms with Crippen molar-refractivity contribution in [2.75, 3.05) is 33.3 Å². The van der Waals surface area contributed by atoms with Crippen molar-refractivity contribution in [3.63, 3.8) is 0 Å². The molecule has 128 valence electrons. The molecule has 0 spiro atoms. The first-order valence-electron chi connectivity index (χ1n) is 6.29. The zero-order valence-electron chi connectivity index (χ0n) is 11.8. The molecule has 0 aromatic heterocycles. The fourth-order valence-electron chi connectivity index (χ4n) is 2.45. The molecule has 1 aliphatic rings. The van der Waals surface area contributed by atoms with E-state index in [-0.39, 0.29) is 43.7 Å². The van der Waals surface area contributed by atoms with Gasteiger partial charge >= 0.3 is 6.18 Å². The molecule has 1 aromatic carbocycles. The molecular weight excluding hydrogens is 347 g/mol. The zero-order valence-corrected chi connectivity index (χ0v) is 13.5. The standard InChI is InChI=1S/C13H16F4N2O.2ClH/c1-20-10-4-2-3-9(14)11(10)12(13(15,16)17)19-7-5-18-6-8-19;;/h2-4,12,18H,5-8H2,1H3;2*1H/t12-;;/m0../s1. The van der Waals surface area contributed by atoms with Crippen molar-refractivity contribution in [2.45, 2.75) is 12.2 Å². The van der Waals surface area contributed by atoms with Gasteiger partial charge in [-0.15, -0.1) is 24.8 Å². The summed E-state index contributed by atoms with van der Waals surface area (Å²) >= 11 is 0. The molecular formula is C13H18Cl2F4N2O. The Morgan fingerprint density at radius 1 is 1.18 bits per heavy atom. The lowest BCUT2D eigenvalue weighted by Crippen LogP contribution is -2.49. The van der Waals surface area contributed by atoms with E-state index < -0.39 is 23.6 Å². The van der Waals surface area contributed by atoms with E-state index in [0.717, 1.165) is 6.07 Å². The molecule has 0 bridgehead atoms. The van der Waals surface area contributed by atoms with Gasteiger partial charge in [-0.1, -0.05) is 6.07 Å². The molecule has 0 aliphatic carbocycles. The van der Waals surface area contributed by atoms with Crippen LogP contribution >= 0.6 is 24.8 Å². The predicted octanol–water partition coefficient (Wildman–Crippen LogP) is 3.19. The summed E-state index contributed by atoms with van der Waals surface area (Å²) in [6.07, 6.45) is -4.56. The molecule has 9 heteroatoms. The van der Waals surface area contributed by atoms with E-state index in [1.54, 1.807) is 0 Å². The summed E-state index contributed by atoms with van der Waals surface area (Å²) in [5.74, 6) is -0.976. The number of hydrogen-bond donors (Lipinski definition) is 1. The smallest absolute Gasteiger partial charge is 0.408 e. The predicted molar refractivity (Wildman–Crippen MR) is 80.7 cm³/mol. The topological polar surface area (TPSA) is 24.5 Å². The molecule has 1 aliphatic heterocycles. The van der Waals surface area contributed by atoms with Gasteiger partial charge in [0.2, 0.25) is 0 Å². The summed E-state index contributed by atoms with van der Waals surface area (Å²) in [6.45, 7) is 1.32. The number of benzene rings is 1. The van der Waals surface area contributed by atoms with Crippen molar-refractivity contribution in [3.8, 4) is 5.75 Å². The van der Waals surface area contributed by atoms with Gasteiger partial charge in [0, 0.05) is 26.2 Å². The lowest BCUT2D eigenvalue weighted by atomic mass is 10.0. The minimum absolute atomic E-state index is 0. The summed E-state index contributed by atoms with van der Waals surface area (Å²) in [6, 6.07) is 1.72. The Morgan fingerprint density at radius 2 is 1.77 bits per heavy atom. The summed E-state index contributed by atoms with van der Waals surface area (Å²) < 4.78 is 59.1. The molecule has 0 unspecified atom stereocenters. The molecule has 1 aromatic rings. The molecule has 1 N–H and O–H groups in total. The fourth-order valence-corrected chi connectivity index (χ4v) is 2.45. The molecule has 0 amide bonds. The number of nitrogens with zero attached hydrogens (tertiary/aromatic N) is 1. The maximum Gasteiger partial charge on any atom is 0.408 e. The highest BCUT2D eigenvalue weighted by molar-refractivity contribution is 5.85. The Hall–Kier alpha value is -0.760. The van der Waals surface area contributed by atoms with Crippen LogP contribution in [0.3, 0.4) is 0 Å². The lowest BCUT2D eigenvalue weighted by molar-refractivity contribution is -0.189. The molecule has 3 nitrogen and oxygen atoms in total. The third kappa shape index (κ3) is 4.62. The van der Waals surface area contributed by atoms with E-state index in [4.69, 9.17) is 4.74 Å². The fraction of sp³-hybridized carbons (Fsp3) is 0.538. The van der Waals surface area contributed by atoms with Crippen LogP contribution in [-0.4, -0.2) is 44.4 Å². The highest BCUT2D eigenvalue weighted by atomic mass is 35.5. The van der Waals surface area contributed by atoms with Crippen molar-refractivity contribution >= 4 is 24.8 Å². The Labute approximate surface area is 138 Å². The van der Waals surface area contributed by atoms with Gasteiger partial charge in [0.05, 0.1) is 12.7 Å². The second kappa shape index (κ2) is 8.76. The van der Waals surface area contributed by atoms with Gasteiger partial charge < -0.3 is 10.1 Å². The normalized spacial score (nSPS) is 17.1. The molecule has 1 heterocycles. The molecule has 0 radical (unpaired) electrons. The average Bonchev–Trinajstić information content (AvgIpc) is 2.40. The Kier molecular flexibility index (Phi) is 8.46. The number of methoxy groups -OCH3 is 1. The van der Waals surface area contributed by atoms with Gasteiger partial charge in [-0.3, -0.25) is 4.90 Å². The largest absolute Gasteiger partial charge is 0.496 e. The maximum atomic E-state index is 14.0.